The van der Waals surface area contributed by atoms with E-state index in [1.54, 1.807) is 0 Å². The minimum atomic E-state index is -2.98. The summed E-state index contributed by atoms with van der Waals surface area (Å²) in [4.78, 5) is 82.7. The van der Waals surface area contributed by atoms with Gasteiger partial charge < -0.3 is 33.9 Å². The van der Waals surface area contributed by atoms with Crippen molar-refractivity contribution < 1.29 is 53.1 Å². The van der Waals surface area contributed by atoms with Gasteiger partial charge in [-0.3, -0.25) is 33.5 Å². The Morgan fingerprint density at radius 1 is 0.906 bits per heavy atom. The van der Waals surface area contributed by atoms with Crippen LogP contribution < -0.4 is 20.7 Å². The van der Waals surface area contributed by atoms with Crippen LogP contribution in [0.15, 0.2) is 69.3 Å². The summed E-state index contributed by atoms with van der Waals surface area (Å²) >= 11 is 15.0. The highest BCUT2D eigenvalue weighted by molar-refractivity contribution is 9.11. The Labute approximate surface area is 320 Å². The number of carbonyl (C=O) groups excluding carboxylic acids is 4. The second-order valence-corrected chi connectivity index (χ2v) is 13.8. The van der Waals surface area contributed by atoms with Crippen LogP contribution in [0.1, 0.15) is 45.9 Å². The zero-order chi connectivity index (χ0) is 39.2. The molecule has 0 aliphatic carbocycles. The first kappa shape index (κ1) is 41.4. The molecule has 6 atom stereocenters. The van der Waals surface area contributed by atoms with Gasteiger partial charge in [0.15, 0.2) is 5.60 Å². The second kappa shape index (κ2) is 17.7. The average Bonchev–Trinajstić information content (AvgIpc) is 3.47. The van der Waals surface area contributed by atoms with Crippen LogP contribution in [0.2, 0.25) is 10.0 Å². The molecule has 3 unspecified atom stereocenters. The van der Waals surface area contributed by atoms with E-state index in [-0.39, 0.29) is 17.1 Å². The number of nitrogens with one attached hydrogen (secondary N) is 1. The number of Topliss-reactive ketones (excluding diaryl/α,β-unsaturated/α-hetero) is 2. The Bertz CT molecular complexity index is 1960. The van der Waals surface area contributed by atoms with Crippen molar-refractivity contribution in [1.29, 1.82) is 0 Å². The maximum absolute atomic E-state index is 14.4. The average molecular weight is 842 g/mol. The number of nitrogens with zero attached hydrogens (tertiary/aromatic N) is 1. The number of hydrogen-bond donors (Lipinski definition) is 3. The van der Waals surface area contributed by atoms with E-state index in [1.165, 1.54) is 87.3 Å². The van der Waals surface area contributed by atoms with Gasteiger partial charge in [0.2, 0.25) is 11.6 Å². The predicted molar refractivity (Wildman–Crippen MR) is 192 cm³/mol. The highest BCUT2D eigenvalue weighted by Gasteiger charge is 2.61. The van der Waals surface area contributed by atoms with Gasteiger partial charge in [0, 0.05) is 22.7 Å². The van der Waals surface area contributed by atoms with E-state index in [2.05, 4.69) is 20.9 Å². The summed E-state index contributed by atoms with van der Waals surface area (Å²) in [6.45, 7) is 5.90. The van der Waals surface area contributed by atoms with Gasteiger partial charge in [-0.15, -0.1) is 0 Å². The molecule has 18 heteroatoms. The van der Waals surface area contributed by atoms with Crippen LogP contribution in [0.3, 0.4) is 0 Å². The molecule has 284 valence electrons. The molecule has 53 heavy (non-hydrogen) atoms. The number of hydrogen-bond acceptors (Lipinski definition) is 13. The largest absolute Gasteiger partial charge is 0.448 e. The molecule has 15 nitrogen and oxygen atoms in total. The molecule has 1 aliphatic rings. The summed E-state index contributed by atoms with van der Waals surface area (Å²) < 4.78 is 28.7. The van der Waals surface area contributed by atoms with Crippen molar-refractivity contribution in [1.82, 2.24) is 9.55 Å². The lowest BCUT2D eigenvalue weighted by Crippen LogP contribution is -2.60. The number of esters is 2. The number of ether oxygens (including phenoxy) is 5. The summed E-state index contributed by atoms with van der Waals surface area (Å²) in [5.74, 6) is -6.24. The summed E-state index contributed by atoms with van der Waals surface area (Å²) in [6, 6.07) is 11.1. The number of aromatic nitrogens is 2. The number of halogens is 3. The summed E-state index contributed by atoms with van der Waals surface area (Å²) in [5.41, 5.74) is -4.88. The zero-order valence-corrected chi connectivity index (χ0v) is 31.7. The summed E-state index contributed by atoms with van der Waals surface area (Å²) in [6.07, 6.45) is -9.31. The van der Waals surface area contributed by atoms with Crippen LogP contribution in [0.4, 0.5) is 0 Å². The molecule has 4 rings (SSSR count). The van der Waals surface area contributed by atoms with Crippen molar-refractivity contribution in [2.75, 3.05) is 0 Å². The molecular weight excluding hydrogens is 807 g/mol. The van der Waals surface area contributed by atoms with Crippen molar-refractivity contribution in [3.05, 3.63) is 96.2 Å². The van der Waals surface area contributed by atoms with Gasteiger partial charge >= 0.3 is 30.2 Å². The number of carbonyl (C=O) groups is 4. The molecular formula is C35H35BrCl2N2O13. The number of aromatic amines is 1. The highest BCUT2D eigenvalue weighted by atomic mass is 79.9. The van der Waals surface area contributed by atoms with Crippen LogP contribution in [-0.2, 0) is 33.4 Å². The smallest absolute Gasteiger partial charge is 0.330 e. The van der Waals surface area contributed by atoms with E-state index in [1.807, 2.05) is 0 Å². The maximum atomic E-state index is 14.4. The second-order valence-electron chi connectivity index (χ2n) is 12.4. The van der Waals surface area contributed by atoms with Crippen LogP contribution in [0, 0.1) is 11.8 Å². The number of rotatable bonds is 15. The van der Waals surface area contributed by atoms with Crippen molar-refractivity contribution in [3.63, 3.8) is 0 Å². The first-order valence-corrected chi connectivity index (χ1v) is 17.6. The highest BCUT2D eigenvalue weighted by Crippen LogP contribution is 2.41. The molecule has 2 aromatic carbocycles. The fourth-order valence-electron chi connectivity index (χ4n) is 4.87. The molecule has 0 amide bonds. The SMILES string of the molecule is CC(C)C(=O)OC(Oc1ccc(Cl)cc1)C(=O)C(O)[C@H]1O[C@@H](n2cc(C=CBr)c(=O)[nH]c2=O)C[C@@]1(O)C(=O)C(OC(=O)C(C)C)Oc1ccc(Cl)cc1. The van der Waals surface area contributed by atoms with Crippen LogP contribution in [0.5, 0.6) is 11.5 Å². The maximum Gasteiger partial charge on any atom is 0.330 e. The fourth-order valence-corrected chi connectivity index (χ4v) is 5.41. The Morgan fingerprint density at radius 3 is 1.89 bits per heavy atom. The van der Waals surface area contributed by atoms with Crippen LogP contribution >= 0.6 is 39.1 Å². The molecule has 3 N–H and O–H groups in total. The van der Waals surface area contributed by atoms with E-state index in [9.17, 15) is 39.0 Å². The third kappa shape index (κ3) is 10.0. The Balaban J connectivity index is 1.82. The zero-order valence-electron chi connectivity index (χ0n) is 28.6. The lowest BCUT2D eigenvalue weighted by atomic mass is 9.85. The van der Waals surface area contributed by atoms with Gasteiger partial charge in [-0.25, -0.2) is 4.79 Å². The van der Waals surface area contributed by atoms with Gasteiger partial charge in [-0.05, 0) is 59.6 Å². The molecule has 1 saturated heterocycles. The van der Waals surface area contributed by atoms with E-state index in [4.69, 9.17) is 46.9 Å². The topological polar surface area (TPSA) is 210 Å². The lowest BCUT2D eigenvalue weighted by molar-refractivity contribution is -0.195. The Hall–Kier alpha value is -4.32. The standard InChI is InChI=1S/C35H35BrCl2N2O13/c1-17(2)30(45)52-32(49-22-9-5-20(37)6-10-22)26(42)25(41)28-35(48,15-24(51-28)40-16-19(13-14-36)29(44)39-34(40)47)27(43)33(53-31(46)18(3)4)50-23-11-7-21(38)8-12-23/h5-14,16-18,24-25,28,32-33,41,48H,15H2,1-4H3,(H,39,44,47)/t24-,25?,28-,32?,33?,35-/m1/s1. The lowest BCUT2D eigenvalue weighted by Gasteiger charge is -2.33. The molecule has 0 saturated carbocycles. The van der Waals surface area contributed by atoms with Crippen LogP contribution in [0.25, 0.3) is 6.08 Å². The van der Waals surface area contributed by atoms with Gasteiger partial charge in [0.05, 0.1) is 17.4 Å². The molecule has 0 spiro atoms. The number of H-pyrrole nitrogens is 1. The summed E-state index contributed by atoms with van der Waals surface area (Å²) in [7, 11) is 0. The molecule has 0 bridgehead atoms. The van der Waals surface area contributed by atoms with Gasteiger partial charge in [-0.1, -0.05) is 66.8 Å². The molecule has 1 fully saturated rings. The molecule has 1 aliphatic heterocycles. The molecule has 3 aromatic rings. The quantitative estimate of drug-likeness (QED) is 0.147. The number of aliphatic hydroxyl groups excluding tert-OH is 1. The molecule has 1 aromatic heterocycles. The van der Waals surface area contributed by atoms with Gasteiger partial charge in [0.1, 0.15) is 29.9 Å². The first-order chi connectivity index (χ1) is 24.9. The van der Waals surface area contributed by atoms with Crippen molar-refractivity contribution in [2.45, 2.75) is 70.7 Å². The Kier molecular flexibility index (Phi) is 13.8. The van der Waals surface area contributed by atoms with Gasteiger partial charge in [0.25, 0.3) is 5.56 Å². The van der Waals surface area contributed by atoms with E-state index >= 15 is 0 Å². The number of aliphatic hydroxyl groups is 2. The van der Waals surface area contributed by atoms with Crippen molar-refractivity contribution >= 4 is 68.7 Å². The van der Waals surface area contributed by atoms with Crippen molar-refractivity contribution in [3.8, 4) is 11.5 Å². The van der Waals surface area contributed by atoms with Crippen LogP contribution in [-0.4, -0.2) is 73.7 Å². The number of benzene rings is 2. The molecule has 2 heterocycles. The third-order valence-corrected chi connectivity index (χ3v) is 8.53. The fraction of sp³-hybridized carbons (Fsp3) is 0.371. The first-order valence-electron chi connectivity index (χ1n) is 16.0. The Morgan fingerprint density at radius 2 is 1.40 bits per heavy atom. The van der Waals surface area contributed by atoms with Gasteiger partial charge in [-0.2, -0.15) is 0 Å². The van der Waals surface area contributed by atoms with E-state index < -0.39 is 89.6 Å². The van der Waals surface area contributed by atoms with Crippen molar-refractivity contribution in [2.24, 2.45) is 11.8 Å². The number of ketones is 2. The third-order valence-electron chi connectivity index (χ3n) is 7.76. The van der Waals surface area contributed by atoms with E-state index in [0.29, 0.717) is 10.0 Å². The summed E-state index contributed by atoms with van der Waals surface area (Å²) in [5, 5.41) is 24.5. The minimum absolute atomic E-state index is 0.0164. The normalized spacial score (nSPS) is 20.2. The minimum Gasteiger partial charge on any atom is -0.448 e. The monoisotopic (exact) mass is 840 g/mol. The molecule has 0 radical (unpaired) electrons. The predicted octanol–water partition coefficient (Wildman–Crippen LogP) is 3.94. The van der Waals surface area contributed by atoms with E-state index in [0.717, 1.165) is 10.8 Å².